The number of aromatic nitrogens is 1. The minimum absolute atomic E-state index is 0.278. The van der Waals surface area contributed by atoms with Gasteiger partial charge in [-0.1, -0.05) is 18.2 Å². The molecule has 0 aliphatic heterocycles. The molecule has 1 amide bonds. The zero-order valence-corrected chi connectivity index (χ0v) is 17.9. The highest BCUT2D eigenvalue weighted by Gasteiger charge is 2.18. The summed E-state index contributed by atoms with van der Waals surface area (Å²) in [5, 5.41) is 15.7. The first-order chi connectivity index (χ1) is 14.7. The summed E-state index contributed by atoms with van der Waals surface area (Å²) in [7, 11) is 0. The van der Waals surface area contributed by atoms with Gasteiger partial charge in [-0.3, -0.25) is 4.79 Å². The van der Waals surface area contributed by atoms with Crippen LogP contribution in [-0.4, -0.2) is 34.2 Å². The number of amides is 1. The number of carbonyl (C=O) groups is 1. The fourth-order valence-electron chi connectivity index (χ4n) is 3.04. The van der Waals surface area contributed by atoms with Gasteiger partial charge in [0.05, 0.1) is 24.1 Å². The third-order valence-corrected chi connectivity index (χ3v) is 4.26. The Hall–Kier alpha value is -3.81. The number of pyridine rings is 1. The van der Waals surface area contributed by atoms with E-state index in [-0.39, 0.29) is 17.0 Å². The molecule has 3 rings (SSSR count). The summed E-state index contributed by atoms with van der Waals surface area (Å²) in [5.74, 6) is 0.352. The second-order valence-electron chi connectivity index (χ2n) is 7.72. The summed E-state index contributed by atoms with van der Waals surface area (Å²) in [4.78, 5) is 24.9. The second-order valence-corrected chi connectivity index (χ2v) is 7.72. The molecule has 8 nitrogen and oxygen atoms in total. The molecule has 0 atom stereocenters. The van der Waals surface area contributed by atoms with E-state index in [4.69, 9.17) is 9.47 Å². The Balaban J connectivity index is 2.06. The Bertz CT molecular complexity index is 1170. The van der Waals surface area contributed by atoms with Gasteiger partial charge in [0.15, 0.2) is 0 Å². The average Bonchev–Trinajstić information content (AvgIpc) is 2.71. The van der Waals surface area contributed by atoms with Gasteiger partial charge in [0.1, 0.15) is 11.4 Å². The quantitative estimate of drug-likeness (QED) is 0.478. The molecule has 0 fully saturated rings. The van der Waals surface area contributed by atoms with Crippen LogP contribution in [0.1, 0.15) is 33.3 Å². The summed E-state index contributed by atoms with van der Waals surface area (Å²) < 4.78 is 11.8. The number of rotatable bonds is 5. The summed E-state index contributed by atoms with van der Waals surface area (Å²) in [5.41, 5.74) is 1.96. The van der Waals surface area contributed by atoms with Crippen LogP contribution in [0, 0.1) is 0 Å². The standard InChI is InChI=1S/C23H25N3O5/c1-5-30-16-12-10-15(11-13-16)26-20(27)18-9-7-6-8-17(18)19(21(26)28)14-24-25-22(29)31-23(2,3)4/h6-14,28H,5H2,1-4H3,(H,25,29)/b24-14-. The molecule has 0 radical (unpaired) electrons. The number of carbonyl (C=O) groups excluding carboxylic acids is 1. The van der Waals surface area contributed by atoms with Crippen molar-refractivity contribution in [3.8, 4) is 17.3 Å². The van der Waals surface area contributed by atoms with Gasteiger partial charge < -0.3 is 14.6 Å². The maximum atomic E-state index is 13.1. The van der Waals surface area contributed by atoms with Gasteiger partial charge in [0.25, 0.3) is 5.56 Å². The van der Waals surface area contributed by atoms with E-state index >= 15 is 0 Å². The molecule has 0 unspecified atom stereocenters. The van der Waals surface area contributed by atoms with E-state index in [0.29, 0.717) is 28.8 Å². The minimum Gasteiger partial charge on any atom is -0.494 e. The van der Waals surface area contributed by atoms with Crippen LogP contribution in [0.25, 0.3) is 16.5 Å². The number of hydrogen-bond donors (Lipinski definition) is 2. The van der Waals surface area contributed by atoms with Gasteiger partial charge in [-0.15, -0.1) is 0 Å². The molecule has 8 heteroatoms. The molecule has 162 valence electrons. The average molecular weight is 423 g/mol. The van der Waals surface area contributed by atoms with Crippen LogP contribution in [0.5, 0.6) is 11.6 Å². The molecule has 1 heterocycles. The molecule has 0 spiro atoms. The molecule has 0 aliphatic rings. The van der Waals surface area contributed by atoms with E-state index in [1.807, 2.05) is 6.92 Å². The normalized spacial score (nSPS) is 11.6. The van der Waals surface area contributed by atoms with E-state index < -0.39 is 11.7 Å². The lowest BCUT2D eigenvalue weighted by molar-refractivity contribution is 0.0529. The molecule has 0 saturated heterocycles. The minimum atomic E-state index is -0.729. The van der Waals surface area contributed by atoms with Crippen molar-refractivity contribution < 1.29 is 19.4 Å². The van der Waals surface area contributed by atoms with Crippen LogP contribution in [0.4, 0.5) is 4.79 Å². The Labute approximate surface area is 179 Å². The highest BCUT2D eigenvalue weighted by molar-refractivity contribution is 6.01. The van der Waals surface area contributed by atoms with Gasteiger partial charge in [-0.05, 0) is 58.0 Å². The Morgan fingerprint density at radius 1 is 1.13 bits per heavy atom. The van der Waals surface area contributed by atoms with Crippen molar-refractivity contribution >= 4 is 23.1 Å². The SMILES string of the molecule is CCOc1ccc(-n2c(O)c(/C=N\NC(=O)OC(C)(C)C)c3ccccc3c2=O)cc1. The molecule has 31 heavy (non-hydrogen) atoms. The lowest BCUT2D eigenvalue weighted by atomic mass is 10.1. The van der Waals surface area contributed by atoms with Crippen LogP contribution < -0.4 is 15.7 Å². The largest absolute Gasteiger partial charge is 0.494 e. The van der Waals surface area contributed by atoms with E-state index in [0.717, 1.165) is 0 Å². The molecule has 2 aromatic carbocycles. The number of nitrogens with zero attached hydrogens (tertiary/aromatic N) is 2. The number of hydrogen-bond acceptors (Lipinski definition) is 6. The Kier molecular flexibility index (Phi) is 6.29. The predicted octanol–water partition coefficient (Wildman–Crippen LogP) is 3.95. The number of benzene rings is 2. The zero-order valence-electron chi connectivity index (χ0n) is 17.9. The smallest absolute Gasteiger partial charge is 0.428 e. The van der Waals surface area contributed by atoms with Gasteiger partial charge >= 0.3 is 6.09 Å². The Morgan fingerprint density at radius 3 is 2.39 bits per heavy atom. The van der Waals surface area contributed by atoms with Gasteiger partial charge in [-0.2, -0.15) is 5.10 Å². The van der Waals surface area contributed by atoms with Crippen molar-refractivity contribution in [3.63, 3.8) is 0 Å². The van der Waals surface area contributed by atoms with Gasteiger partial charge in [0, 0.05) is 10.8 Å². The lowest BCUT2D eigenvalue weighted by Gasteiger charge is -2.18. The van der Waals surface area contributed by atoms with E-state index in [9.17, 15) is 14.7 Å². The fraction of sp³-hybridized carbons (Fsp3) is 0.261. The first-order valence-electron chi connectivity index (χ1n) is 9.83. The van der Waals surface area contributed by atoms with Crippen LogP contribution in [0.2, 0.25) is 0 Å². The molecular formula is C23H25N3O5. The van der Waals surface area contributed by atoms with Crippen LogP contribution in [0.15, 0.2) is 58.4 Å². The highest BCUT2D eigenvalue weighted by atomic mass is 16.6. The van der Waals surface area contributed by atoms with Gasteiger partial charge in [-0.25, -0.2) is 14.8 Å². The van der Waals surface area contributed by atoms with Crippen molar-refractivity contribution in [2.75, 3.05) is 6.61 Å². The third-order valence-electron chi connectivity index (χ3n) is 4.26. The van der Waals surface area contributed by atoms with E-state index in [1.165, 1.54) is 10.8 Å². The van der Waals surface area contributed by atoms with Gasteiger partial charge in [0.2, 0.25) is 5.88 Å². The monoisotopic (exact) mass is 423 g/mol. The summed E-state index contributed by atoms with van der Waals surface area (Å²) in [6.45, 7) is 7.61. The lowest BCUT2D eigenvalue weighted by Crippen LogP contribution is -2.29. The molecule has 0 aliphatic carbocycles. The number of aromatic hydroxyl groups is 1. The van der Waals surface area contributed by atoms with Crippen molar-refractivity contribution in [1.29, 1.82) is 0 Å². The van der Waals surface area contributed by atoms with Crippen molar-refractivity contribution in [1.82, 2.24) is 9.99 Å². The maximum absolute atomic E-state index is 13.1. The summed E-state index contributed by atoms with van der Waals surface area (Å²) in [6.07, 6.45) is 0.555. The first kappa shape index (κ1) is 21.9. The molecule has 2 N–H and O–H groups in total. The molecule has 0 bridgehead atoms. The summed E-state index contributed by atoms with van der Waals surface area (Å²) >= 11 is 0. The van der Waals surface area contributed by atoms with Crippen molar-refractivity contribution in [2.24, 2.45) is 5.10 Å². The number of ether oxygens (including phenoxy) is 2. The van der Waals surface area contributed by atoms with Crippen LogP contribution in [0.3, 0.4) is 0 Å². The van der Waals surface area contributed by atoms with Crippen molar-refractivity contribution in [3.05, 3.63) is 64.4 Å². The Morgan fingerprint density at radius 2 is 1.77 bits per heavy atom. The number of hydrazone groups is 1. The molecule has 1 aromatic heterocycles. The predicted molar refractivity (Wildman–Crippen MR) is 119 cm³/mol. The third kappa shape index (κ3) is 5.03. The van der Waals surface area contributed by atoms with Crippen LogP contribution in [-0.2, 0) is 4.74 Å². The zero-order chi connectivity index (χ0) is 22.6. The number of fused-ring (bicyclic) bond motifs is 1. The summed E-state index contributed by atoms with van der Waals surface area (Å²) in [6, 6.07) is 13.7. The van der Waals surface area contributed by atoms with E-state index in [1.54, 1.807) is 69.3 Å². The molecule has 3 aromatic rings. The number of nitrogens with one attached hydrogen (secondary N) is 1. The topological polar surface area (TPSA) is 102 Å². The fourth-order valence-corrected chi connectivity index (χ4v) is 3.04. The maximum Gasteiger partial charge on any atom is 0.428 e. The highest BCUT2D eigenvalue weighted by Crippen LogP contribution is 2.26. The van der Waals surface area contributed by atoms with Crippen LogP contribution >= 0.6 is 0 Å². The molecular weight excluding hydrogens is 398 g/mol. The molecule has 0 saturated carbocycles. The second kappa shape index (κ2) is 8.91. The van der Waals surface area contributed by atoms with E-state index in [2.05, 4.69) is 10.5 Å². The first-order valence-corrected chi connectivity index (χ1v) is 9.83. The van der Waals surface area contributed by atoms with Crippen molar-refractivity contribution in [2.45, 2.75) is 33.3 Å².